The van der Waals surface area contributed by atoms with Gasteiger partial charge in [-0.15, -0.1) is 0 Å². The average molecular weight is 363 g/mol. The lowest BCUT2D eigenvalue weighted by atomic mass is 10.2. The van der Waals surface area contributed by atoms with E-state index in [4.69, 9.17) is 23.2 Å². The predicted molar refractivity (Wildman–Crippen MR) is 96.5 cm³/mol. The van der Waals surface area contributed by atoms with Crippen molar-refractivity contribution < 1.29 is 9.59 Å². The molecule has 124 valence electrons. The number of amides is 2. The van der Waals surface area contributed by atoms with E-state index in [1.165, 1.54) is 0 Å². The van der Waals surface area contributed by atoms with Gasteiger partial charge in [-0.05, 0) is 43.2 Å². The van der Waals surface area contributed by atoms with Crippen LogP contribution < -0.4 is 10.6 Å². The summed E-state index contributed by atoms with van der Waals surface area (Å²) in [5.41, 5.74) is 2.18. The van der Waals surface area contributed by atoms with Gasteiger partial charge < -0.3 is 10.6 Å². The van der Waals surface area contributed by atoms with Crippen molar-refractivity contribution in [2.45, 2.75) is 13.3 Å². The number of anilines is 2. The van der Waals surface area contributed by atoms with E-state index >= 15 is 0 Å². The number of benzene rings is 2. The van der Waals surface area contributed by atoms with Crippen molar-refractivity contribution in [2.75, 3.05) is 10.6 Å². The quantitative estimate of drug-likeness (QED) is 0.839. The van der Waals surface area contributed by atoms with Gasteiger partial charge in [0.05, 0.1) is 27.6 Å². The molecule has 0 bridgehead atoms. The summed E-state index contributed by atoms with van der Waals surface area (Å²) in [6, 6.07) is 12.5. The molecule has 0 saturated heterocycles. The maximum absolute atomic E-state index is 12.3. The highest BCUT2D eigenvalue weighted by Gasteiger charge is 2.48. The van der Waals surface area contributed by atoms with Crippen LogP contribution in [-0.2, 0) is 9.59 Å². The minimum absolute atomic E-state index is 0.147. The van der Waals surface area contributed by atoms with Gasteiger partial charge in [0, 0.05) is 5.69 Å². The Morgan fingerprint density at radius 1 is 0.958 bits per heavy atom. The zero-order chi connectivity index (χ0) is 17.3. The smallest absolute Gasteiger partial charge is 0.228 e. The third-order valence-corrected chi connectivity index (χ3v) is 4.59. The van der Waals surface area contributed by atoms with E-state index in [0.29, 0.717) is 22.2 Å². The number of rotatable bonds is 4. The Labute approximate surface area is 150 Å². The molecule has 0 spiro atoms. The lowest BCUT2D eigenvalue weighted by Crippen LogP contribution is -2.20. The molecule has 0 aromatic heterocycles. The first-order valence-electron chi connectivity index (χ1n) is 7.58. The van der Waals surface area contributed by atoms with Crippen molar-refractivity contribution in [3.8, 4) is 0 Å². The number of halogens is 2. The van der Waals surface area contributed by atoms with Crippen LogP contribution in [-0.4, -0.2) is 11.8 Å². The molecule has 2 N–H and O–H groups in total. The monoisotopic (exact) mass is 362 g/mol. The highest BCUT2D eigenvalue weighted by atomic mass is 35.5. The number of para-hydroxylation sites is 1. The second-order valence-electron chi connectivity index (χ2n) is 5.89. The number of carbonyl (C=O) groups is 2. The van der Waals surface area contributed by atoms with E-state index < -0.39 is 0 Å². The van der Waals surface area contributed by atoms with Crippen molar-refractivity contribution >= 4 is 46.4 Å². The van der Waals surface area contributed by atoms with Gasteiger partial charge in [0.2, 0.25) is 11.8 Å². The van der Waals surface area contributed by atoms with Gasteiger partial charge in [-0.1, -0.05) is 41.4 Å². The maximum atomic E-state index is 12.3. The molecular formula is C18H16Cl2N2O2. The molecule has 1 saturated carbocycles. The molecule has 2 aromatic carbocycles. The first-order chi connectivity index (χ1) is 11.5. The van der Waals surface area contributed by atoms with E-state index in [1.807, 2.05) is 31.2 Å². The van der Waals surface area contributed by atoms with Crippen LogP contribution in [0.5, 0.6) is 0 Å². The highest BCUT2D eigenvalue weighted by Crippen LogP contribution is 2.41. The van der Waals surface area contributed by atoms with E-state index in [0.717, 1.165) is 11.3 Å². The van der Waals surface area contributed by atoms with Gasteiger partial charge in [0.25, 0.3) is 0 Å². The molecule has 0 aliphatic heterocycles. The van der Waals surface area contributed by atoms with Gasteiger partial charge in [0.15, 0.2) is 0 Å². The van der Waals surface area contributed by atoms with Gasteiger partial charge >= 0.3 is 0 Å². The Bertz CT molecular complexity index is 787. The van der Waals surface area contributed by atoms with Crippen LogP contribution in [0.3, 0.4) is 0 Å². The lowest BCUT2D eigenvalue weighted by Gasteiger charge is -2.09. The molecule has 1 aliphatic rings. The summed E-state index contributed by atoms with van der Waals surface area (Å²) in [5.74, 6) is -1.07. The largest absolute Gasteiger partial charge is 0.326 e. The normalized spacial score (nSPS) is 18.8. The second-order valence-corrected chi connectivity index (χ2v) is 6.71. The van der Waals surface area contributed by atoms with E-state index in [9.17, 15) is 9.59 Å². The zero-order valence-corrected chi connectivity index (χ0v) is 14.5. The fourth-order valence-electron chi connectivity index (χ4n) is 2.57. The fraction of sp³-hybridized carbons (Fsp3) is 0.222. The molecule has 2 aromatic rings. The van der Waals surface area contributed by atoms with E-state index in [1.54, 1.807) is 18.2 Å². The topological polar surface area (TPSA) is 58.2 Å². The van der Waals surface area contributed by atoms with Crippen LogP contribution >= 0.6 is 23.2 Å². The second kappa shape index (κ2) is 6.83. The Balaban J connectivity index is 1.60. The summed E-state index contributed by atoms with van der Waals surface area (Å²) in [7, 11) is 0. The van der Waals surface area contributed by atoms with Gasteiger partial charge in [-0.25, -0.2) is 0 Å². The minimum Gasteiger partial charge on any atom is -0.326 e. The van der Waals surface area contributed by atoms with Crippen LogP contribution in [0.25, 0.3) is 0 Å². The number of carbonyl (C=O) groups excluding carboxylic acids is 2. The minimum atomic E-state index is -0.359. The summed E-state index contributed by atoms with van der Waals surface area (Å²) in [4.78, 5) is 24.5. The number of nitrogens with one attached hydrogen (secondary N) is 2. The van der Waals surface area contributed by atoms with Crippen molar-refractivity contribution in [2.24, 2.45) is 11.8 Å². The zero-order valence-electron chi connectivity index (χ0n) is 13.0. The standard InChI is InChI=1S/C18H16Cl2N2O2/c1-10-4-2-5-11(8-10)21-17(23)12-9-13(12)18(24)22-16-14(19)6-3-7-15(16)20/h2-8,12-13H,9H2,1H3,(H,21,23)(H,22,24). The number of hydrogen-bond donors (Lipinski definition) is 2. The average Bonchev–Trinajstić information content (AvgIpc) is 3.32. The summed E-state index contributed by atoms with van der Waals surface area (Å²) in [6.45, 7) is 1.95. The highest BCUT2D eigenvalue weighted by molar-refractivity contribution is 6.39. The molecule has 1 fully saturated rings. The van der Waals surface area contributed by atoms with Crippen molar-refractivity contribution in [3.05, 3.63) is 58.1 Å². The number of hydrogen-bond acceptors (Lipinski definition) is 2. The first-order valence-corrected chi connectivity index (χ1v) is 8.33. The Kier molecular flexibility index (Phi) is 4.78. The SMILES string of the molecule is Cc1cccc(NC(=O)C2CC2C(=O)Nc2c(Cl)cccc2Cl)c1. The molecule has 24 heavy (non-hydrogen) atoms. The molecule has 0 heterocycles. The molecule has 1 aliphatic carbocycles. The van der Waals surface area contributed by atoms with Gasteiger partial charge in [0.1, 0.15) is 0 Å². The predicted octanol–water partition coefficient (Wildman–Crippen LogP) is 4.52. The molecule has 4 nitrogen and oxygen atoms in total. The third kappa shape index (κ3) is 3.71. The molecule has 2 atom stereocenters. The van der Waals surface area contributed by atoms with Gasteiger partial charge in [-0.3, -0.25) is 9.59 Å². The van der Waals surface area contributed by atoms with E-state index in [-0.39, 0.29) is 23.7 Å². The Morgan fingerprint density at radius 3 is 2.17 bits per heavy atom. The lowest BCUT2D eigenvalue weighted by molar-refractivity contribution is -0.122. The van der Waals surface area contributed by atoms with E-state index in [2.05, 4.69) is 10.6 Å². The first kappa shape index (κ1) is 16.8. The van der Waals surface area contributed by atoms with Crippen LogP contribution in [0.4, 0.5) is 11.4 Å². The van der Waals surface area contributed by atoms with Crippen LogP contribution in [0, 0.1) is 18.8 Å². The molecule has 0 radical (unpaired) electrons. The maximum Gasteiger partial charge on any atom is 0.228 e. The summed E-state index contributed by atoms with van der Waals surface area (Å²) >= 11 is 12.1. The summed E-state index contributed by atoms with van der Waals surface area (Å²) < 4.78 is 0. The summed E-state index contributed by atoms with van der Waals surface area (Å²) in [6.07, 6.45) is 0.519. The van der Waals surface area contributed by atoms with Crippen LogP contribution in [0.15, 0.2) is 42.5 Å². The Morgan fingerprint density at radius 2 is 1.54 bits per heavy atom. The molecule has 3 rings (SSSR count). The summed E-state index contributed by atoms with van der Waals surface area (Å²) in [5, 5.41) is 6.31. The van der Waals surface area contributed by atoms with Gasteiger partial charge in [-0.2, -0.15) is 0 Å². The van der Waals surface area contributed by atoms with Crippen molar-refractivity contribution in [3.63, 3.8) is 0 Å². The molecular weight excluding hydrogens is 347 g/mol. The molecule has 6 heteroatoms. The molecule has 2 unspecified atom stereocenters. The van der Waals surface area contributed by atoms with Crippen molar-refractivity contribution in [1.29, 1.82) is 0 Å². The third-order valence-electron chi connectivity index (χ3n) is 3.96. The fourth-order valence-corrected chi connectivity index (χ4v) is 3.06. The Hall–Kier alpha value is -2.04. The van der Waals surface area contributed by atoms with Crippen LogP contribution in [0.2, 0.25) is 10.0 Å². The van der Waals surface area contributed by atoms with Crippen LogP contribution in [0.1, 0.15) is 12.0 Å². The van der Waals surface area contributed by atoms with Crippen molar-refractivity contribution in [1.82, 2.24) is 0 Å². The molecule has 2 amide bonds. The number of aryl methyl sites for hydroxylation is 1.